The van der Waals surface area contributed by atoms with E-state index in [4.69, 9.17) is 0 Å². The van der Waals surface area contributed by atoms with Crippen LogP contribution in [0.25, 0.3) is 5.69 Å². The summed E-state index contributed by atoms with van der Waals surface area (Å²) in [5, 5.41) is 14.1. The van der Waals surface area contributed by atoms with Crippen LogP contribution in [0.2, 0.25) is 0 Å². The van der Waals surface area contributed by atoms with Gasteiger partial charge in [-0.25, -0.2) is 4.68 Å². The first-order valence-corrected chi connectivity index (χ1v) is 8.11. The van der Waals surface area contributed by atoms with Crippen LogP contribution in [0.3, 0.4) is 0 Å². The average Bonchev–Trinajstić information content (AvgIpc) is 2.94. The van der Waals surface area contributed by atoms with Crippen LogP contribution >= 0.6 is 0 Å². The second-order valence-electron chi connectivity index (χ2n) is 5.83. The molecule has 2 aromatic carbocycles. The molecule has 6 heteroatoms. The third-order valence-electron chi connectivity index (χ3n) is 3.98. The SMILES string of the molecule is Cc1[nH]n(-c2ccccc2)c(=O)c1C(C#Cc1ccccc1)C[N+](=O)[O-]. The van der Waals surface area contributed by atoms with Crippen LogP contribution in [0.1, 0.15) is 22.7 Å². The van der Waals surface area contributed by atoms with Gasteiger partial charge in [-0.2, -0.15) is 0 Å². The van der Waals surface area contributed by atoms with Crippen molar-refractivity contribution in [1.82, 2.24) is 9.78 Å². The molecule has 3 rings (SSSR count). The summed E-state index contributed by atoms with van der Waals surface area (Å²) in [7, 11) is 0. The Morgan fingerprint density at radius 1 is 1.12 bits per heavy atom. The van der Waals surface area contributed by atoms with Crippen LogP contribution in [-0.4, -0.2) is 21.2 Å². The number of para-hydroxylation sites is 1. The Morgan fingerprint density at radius 3 is 2.35 bits per heavy atom. The molecule has 0 amide bonds. The Hall–Kier alpha value is -3.59. The van der Waals surface area contributed by atoms with E-state index in [1.165, 1.54) is 4.68 Å². The van der Waals surface area contributed by atoms with Gasteiger partial charge in [0.05, 0.1) is 11.3 Å². The molecular weight excluding hydrogens is 330 g/mol. The Labute approximate surface area is 150 Å². The third-order valence-corrected chi connectivity index (χ3v) is 3.98. The smallest absolute Gasteiger partial charge is 0.276 e. The van der Waals surface area contributed by atoms with Crippen molar-refractivity contribution in [2.24, 2.45) is 0 Å². The molecule has 0 aliphatic carbocycles. The topological polar surface area (TPSA) is 80.9 Å². The Balaban J connectivity index is 2.05. The van der Waals surface area contributed by atoms with Crippen LogP contribution in [0.5, 0.6) is 0 Å². The number of aromatic amines is 1. The maximum atomic E-state index is 12.9. The molecule has 0 radical (unpaired) electrons. The number of H-pyrrole nitrogens is 1. The summed E-state index contributed by atoms with van der Waals surface area (Å²) in [6.45, 7) is 1.30. The summed E-state index contributed by atoms with van der Waals surface area (Å²) in [6.07, 6.45) is 0. The van der Waals surface area contributed by atoms with E-state index in [0.29, 0.717) is 16.9 Å². The largest absolute Gasteiger partial charge is 0.295 e. The van der Waals surface area contributed by atoms with Gasteiger partial charge in [0.15, 0.2) is 0 Å². The molecule has 3 aromatic rings. The van der Waals surface area contributed by atoms with Gasteiger partial charge in [-0.1, -0.05) is 48.2 Å². The van der Waals surface area contributed by atoms with Gasteiger partial charge in [0.1, 0.15) is 5.92 Å². The van der Waals surface area contributed by atoms with Crippen molar-refractivity contribution < 1.29 is 4.92 Å². The molecule has 1 heterocycles. The molecule has 0 saturated heterocycles. The van der Waals surface area contributed by atoms with Crippen molar-refractivity contribution >= 4 is 0 Å². The van der Waals surface area contributed by atoms with Crippen LogP contribution in [0.4, 0.5) is 0 Å². The number of hydrogen-bond donors (Lipinski definition) is 1. The molecule has 26 heavy (non-hydrogen) atoms. The predicted octanol–water partition coefficient (Wildman–Crippen LogP) is 2.89. The monoisotopic (exact) mass is 347 g/mol. The van der Waals surface area contributed by atoms with Crippen LogP contribution in [-0.2, 0) is 0 Å². The van der Waals surface area contributed by atoms with Crippen molar-refractivity contribution in [3.63, 3.8) is 0 Å². The highest BCUT2D eigenvalue weighted by Crippen LogP contribution is 2.17. The number of nitro groups is 1. The Kier molecular flexibility index (Phi) is 4.99. The lowest BCUT2D eigenvalue weighted by Gasteiger charge is -2.03. The summed E-state index contributed by atoms with van der Waals surface area (Å²) in [4.78, 5) is 23.5. The third kappa shape index (κ3) is 3.73. The molecule has 0 bridgehead atoms. The lowest BCUT2D eigenvalue weighted by Crippen LogP contribution is -2.22. The summed E-state index contributed by atoms with van der Waals surface area (Å²) >= 11 is 0. The highest BCUT2D eigenvalue weighted by Gasteiger charge is 2.24. The molecule has 0 fully saturated rings. The van der Waals surface area contributed by atoms with Gasteiger partial charge >= 0.3 is 0 Å². The second kappa shape index (κ2) is 7.53. The van der Waals surface area contributed by atoms with Crippen molar-refractivity contribution in [2.45, 2.75) is 12.8 Å². The van der Waals surface area contributed by atoms with Crippen LogP contribution < -0.4 is 5.56 Å². The standard InChI is InChI=1S/C20H17N3O3/c1-15-19(20(24)23(21-15)18-10-6-3-7-11-18)17(14-22(25)26)13-12-16-8-4-2-5-9-16/h2-11,17,21H,14H2,1H3. The van der Waals surface area contributed by atoms with Gasteiger partial charge in [-0.3, -0.25) is 20.0 Å². The lowest BCUT2D eigenvalue weighted by molar-refractivity contribution is -0.481. The van der Waals surface area contributed by atoms with E-state index in [1.54, 1.807) is 19.1 Å². The number of benzene rings is 2. The molecule has 1 aromatic heterocycles. The Morgan fingerprint density at radius 2 is 1.73 bits per heavy atom. The maximum absolute atomic E-state index is 12.9. The van der Waals surface area contributed by atoms with Gasteiger partial charge in [0.25, 0.3) is 5.56 Å². The molecule has 0 aliphatic rings. The highest BCUT2D eigenvalue weighted by molar-refractivity contribution is 5.40. The normalized spacial score (nSPS) is 11.4. The van der Waals surface area contributed by atoms with Crippen LogP contribution in [0.15, 0.2) is 65.5 Å². The molecule has 1 atom stereocenters. The van der Waals surface area contributed by atoms with Gasteiger partial charge in [0.2, 0.25) is 6.54 Å². The first kappa shape index (κ1) is 17.2. The molecule has 1 N–H and O–H groups in total. The number of nitrogens with zero attached hydrogens (tertiary/aromatic N) is 2. The molecule has 0 aliphatic heterocycles. The number of hydrogen-bond acceptors (Lipinski definition) is 3. The molecule has 0 saturated carbocycles. The summed E-state index contributed by atoms with van der Waals surface area (Å²) in [5.41, 5.74) is 2.00. The van der Waals surface area contributed by atoms with Crippen molar-refractivity contribution in [2.75, 3.05) is 6.54 Å². The number of nitrogens with one attached hydrogen (secondary N) is 1. The predicted molar refractivity (Wildman–Crippen MR) is 99.0 cm³/mol. The average molecular weight is 347 g/mol. The molecular formula is C20H17N3O3. The summed E-state index contributed by atoms with van der Waals surface area (Å²) in [6, 6.07) is 18.3. The number of aryl methyl sites for hydroxylation is 1. The first-order chi connectivity index (χ1) is 12.6. The highest BCUT2D eigenvalue weighted by atomic mass is 16.6. The zero-order valence-electron chi connectivity index (χ0n) is 14.2. The Bertz CT molecular complexity index is 1020. The molecule has 0 spiro atoms. The van der Waals surface area contributed by atoms with E-state index in [2.05, 4.69) is 16.9 Å². The summed E-state index contributed by atoms with van der Waals surface area (Å²) < 4.78 is 1.39. The second-order valence-corrected chi connectivity index (χ2v) is 5.83. The molecule has 1 unspecified atom stereocenters. The number of rotatable bonds is 4. The zero-order chi connectivity index (χ0) is 18.5. The van der Waals surface area contributed by atoms with E-state index in [1.807, 2.05) is 48.5 Å². The fourth-order valence-electron chi connectivity index (χ4n) is 2.78. The van der Waals surface area contributed by atoms with E-state index in [-0.39, 0.29) is 5.56 Å². The van der Waals surface area contributed by atoms with E-state index >= 15 is 0 Å². The minimum atomic E-state index is -0.793. The molecule has 130 valence electrons. The first-order valence-electron chi connectivity index (χ1n) is 8.11. The summed E-state index contributed by atoms with van der Waals surface area (Å²) in [5.74, 6) is 5.05. The quantitative estimate of drug-likeness (QED) is 0.448. The fourth-order valence-corrected chi connectivity index (χ4v) is 2.78. The van der Waals surface area contributed by atoms with Crippen LogP contribution in [0, 0.1) is 28.9 Å². The minimum Gasteiger partial charge on any atom is -0.295 e. The van der Waals surface area contributed by atoms with Crippen molar-refractivity contribution in [1.29, 1.82) is 0 Å². The van der Waals surface area contributed by atoms with Crippen molar-refractivity contribution in [3.05, 3.63) is 98.0 Å². The molecule has 6 nitrogen and oxygen atoms in total. The zero-order valence-corrected chi connectivity index (χ0v) is 14.2. The van der Waals surface area contributed by atoms with E-state index in [0.717, 1.165) is 5.56 Å². The minimum absolute atomic E-state index is 0.317. The van der Waals surface area contributed by atoms with E-state index in [9.17, 15) is 14.9 Å². The van der Waals surface area contributed by atoms with Crippen molar-refractivity contribution in [3.8, 4) is 17.5 Å². The van der Waals surface area contributed by atoms with Gasteiger partial charge in [0, 0.05) is 16.2 Å². The maximum Gasteiger partial charge on any atom is 0.276 e. The fraction of sp³-hybridized carbons (Fsp3) is 0.150. The van der Waals surface area contributed by atoms with Gasteiger partial charge in [-0.15, -0.1) is 0 Å². The van der Waals surface area contributed by atoms with E-state index < -0.39 is 17.4 Å². The van der Waals surface area contributed by atoms with Gasteiger partial charge < -0.3 is 0 Å². The lowest BCUT2D eigenvalue weighted by atomic mass is 10.00. The van der Waals surface area contributed by atoms with Gasteiger partial charge in [-0.05, 0) is 31.2 Å². The number of aromatic nitrogens is 2.